The van der Waals surface area contributed by atoms with Gasteiger partial charge in [-0.15, -0.1) is 0 Å². The van der Waals surface area contributed by atoms with Gasteiger partial charge in [-0.3, -0.25) is 4.79 Å². The van der Waals surface area contributed by atoms with Crippen LogP contribution in [0.5, 0.6) is 0 Å². The molecule has 0 radical (unpaired) electrons. The topological polar surface area (TPSA) is 78.9 Å². The van der Waals surface area contributed by atoms with Crippen LogP contribution in [-0.2, 0) is 11.3 Å². The zero-order chi connectivity index (χ0) is 23.2. The Morgan fingerprint density at radius 3 is 2.45 bits per heavy atom. The third-order valence-corrected chi connectivity index (χ3v) is 5.26. The minimum atomic E-state index is -0.0954. The van der Waals surface area contributed by atoms with E-state index >= 15 is 0 Å². The molecule has 6 nitrogen and oxygen atoms in total. The summed E-state index contributed by atoms with van der Waals surface area (Å²) in [5, 5.41) is 9.56. The van der Waals surface area contributed by atoms with Crippen molar-refractivity contribution in [3.05, 3.63) is 95.7 Å². The van der Waals surface area contributed by atoms with E-state index in [0.717, 1.165) is 34.9 Å². The summed E-state index contributed by atoms with van der Waals surface area (Å²) >= 11 is 0. The van der Waals surface area contributed by atoms with Crippen molar-refractivity contribution in [3.8, 4) is 11.3 Å². The van der Waals surface area contributed by atoms with Crippen molar-refractivity contribution in [2.75, 3.05) is 16.0 Å². The summed E-state index contributed by atoms with van der Waals surface area (Å²) in [5.74, 6) is 0.423. The van der Waals surface area contributed by atoms with E-state index in [1.807, 2.05) is 54.6 Å². The highest BCUT2D eigenvalue weighted by Crippen LogP contribution is 2.23. The highest BCUT2D eigenvalue weighted by molar-refractivity contribution is 5.88. The van der Waals surface area contributed by atoms with E-state index in [2.05, 4.69) is 58.0 Å². The van der Waals surface area contributed by atoms with Crippen LogP contribution in [0.3, 0.4) is 0 Å². The van der Waals surface area contributed by atoms with Crippen LogP contribution in [0.15, 0.2) is 79.0 Å². The molecule has 1 aromatic heterocycles. The lowest BCUT2D eigenvalue weighted by atomic mass is 10.1. The zero-order valence-corrected chi connectivity index (χ0v) is 19.0. The van der Waals surface area contributed by atoms with Gasteiger partial charge in [-0.25, -0.2) is 9.97 Å². The molecule has 0 aliphatic rings. The molecular formula is C27H27N5O. The predicted molar refractivity (Wildman–Crippen MR) is 135 cm³/mol. The van der Waals surface area contributed by atoms with E-state index in [1.54, 1.807) is 6.20 Å². The van der Waals surface area contributed by atoms with Crippen molar-refractivity contribution in [1.29, 1.82) is 0 Å². The molecule has 0 saturated carbocycles. The molecule has 0 aliphatic heterocycles. The first-order valence-corrected chi connectivity index (χ1v) is 10.8. The number of nitrogens with one attached hydrogen (secondary N) is 3. The molecule has 166 valence electrons. The van der Waals surface area contributed by atoms with E-state index in [9.17, 15) is 4.79 Å². The number of carbonyl (C=O) groups is 1. The van der Waals surface area contributed by atoms with Crippen LogP contribution in [-0.4, -0.2) is 15.9 Å². The third kappa shape index (κ3) is 5.95. The van der Waals surface area contributed by atoms with Crippen LogP contribution in [0.25, 0.3) is 11.3 Å². The van der Waals surface area contributed by atoms with E-state index in [4.69, 9.17) is 0 Å². The second-order valence-electron chi connectivity index (χ2n) is 8.01. The smallest absolute Gasteiger partial charge is 0.227 e. The predicted octanol–water partition coefficient (Wildman–Crippen LogP) is 6.07. The number of carbonyl (C=O) groups excluding carboxylic acids is 1. The van der Waals surface area contributed by atoms with Crippen LogP contribution >= 0.6 is 0 Å². The number of hydrogen-bond donors (Lipinski definition) is 3. The van der Waals surface area contributed by atoms with Crippen LogP contribution < -0.4 is 16.0 Å². The number of rotatable bonds is 7. The molecule has 0 aliphatic carbocycles. The lowest BCUT2D eigenvalue weighted by Crippen LogP contribution is -2.05. The van der Waals surface area contributed by atoms with Gasteiger partial charge in [-0.05, 0) is 61.4 Å². The molecule has 0 saturated heterocycles. The summed E-state index contributed by atoms with van der Waals surface area (Å²) in [6.07, 6.45) is 1.73. The Hall–Kier alpha value is -4.19. The second kappa shape index (κ2) is 9.96. The highest BCUT2D eigenvalue weighted by Gasteiger charge is 2.05. The molecule has 33 heavy (non-hydrogen) atoms. The number of aromatic nitrogens is 2. The quantitative estimate of drug-likeness (QED) is 0.327. The van der Waals surface area contributed by atoms with Crippen molar-refractivity contribution in [2.24, 2.45) is 0 Å². The minimum Gasteiger partial charge on any atom is -0.381 e. The fourth-order valence-corrected chi connectivity index (χ4v) is 3.53. The molecule has 0 atom stereocenters. The first-order chi connectivity index (χ1) is 16.0. The molecular weight excluding hydrogens is 410 g/mol. The van der Waals surface area contributed by atoms with Gasteiger partial charge in [0.2, 0.25) is 11.9 Å². The highest BCUT2D eigenvalue weighted by atomic mass is 16.1. The number of amides is 1. The third-order valence-electron chi connectivity index (χ3n) is 5.26. The van der Waals surface area contributed by atoms with Crippen LogP contribution in [0.4, 0.5) is 23.0 Å². The molecule has 0 bridgehead atoms. The Morgan fingerprint density at radius 1 is 0.879 bits per heavy atom. The molecule has 0 spiro atoms. The second-order valence-corrected chi connectivity index (χ2v) is 8.01. The van der Waals surface area contributed by atoms with Crippen LogP contribution in [0, 0.1) is 13.8 Å². The van der Waals surface area contributed by atoms with Crippen molar-refractivity contribution in [1.82, 2.24) is 9.97 Å². The number of anilines is 4. The van der Waals surface area contributed by atoms with Gasteiger partial charge < -0.3 is 16.0 Å². The summed E-state index contributed by atoms with van der Waals surface area (Å²) < 4.78 is 0. The van der Waals surface area contributed by atoms with E-state index in [1.165, 1.54) is 23.6 Å². The van der Waals surface area contributed by atoms with Crippen LogP contribution in [0.2, 0.25) is 0 Å². The van der Waals surface area contributed by atoms with Gasteiger partial charge in [-0.1, -0.05) is 42.0 Å². The zero-order valence-electron chi connectivity index (χ0n) is 19.0. The van der Waals surface area contributed by atoms with Gasteiger partial charge in [0.1, 0.15) is 0 Å². The van der Waals surface area contributed by atoms with Gasteiger partial charge in [0, 0.05) is 42.3 Å². The van der Waals surface area contributed by atoms with Gasteiger partial charge in [0.15, 0.2) is 0 Å². The van der Waals surface area contributed by atoms with Crippen LogP contribution in [0.1, 0.15) is 23.6 Å². The first-order valence-electron chi connectivity index (χ1n) is 10.8. The summed E-state index contributed by atoms with van der Waals surface area (Å²) in [4.78, 5) is 20.2. The van der Waals surface area contributed by atoms with Gasteiger partial charge in [0.25, 0.3) is 0 Å². The summed E-state index contributed by atoms with van der Waals surface area (Å²) in [6, 6.07) is 24.0. The summed E-state index contributed by atoms with van der Waals surface area (Å²) in [6.45, 7) is 6.49. The number of nitrogens with zero attached hydrogens (tertiary/aromatic N) is 2. The minimum absolute atomic E-state index is 0.0954. The fraction of sp³-hybridized carbons (Fsp3) is 0.148. The summed E-state index contributed by atoms with van der Waals surface area (Å²) in [7, 11) is 0. The standard InChI is InChI=1S/C27H27N5O/c1-18-7-8-19(2)22(15-18)17-29-24-5-4-6-25(16-24)31-27-28-14-13-26(32-27)21-9-11-23(12-10-21)30-20(3)33/h4-16,29H,17H2,1-3H3,(H,30,33)(H,28,31,32). The Bertz CT molecular complexity index is 1270. The number of benzene rings is 3. The van der Waals surface area contributed by atoms with Crippen molar-refractivity contribution in [3.63, 3.8) is 0 Å². The maximum absolute atomic E-state index is 11.2. The normalized spacial score (nSPS) is 10.5. The first kappa shape index (κ1) is 22.0. The molecule has 1 heterocycles. The van der Waals surface area contributed by atoms with Gasteiger partial charge in [-0.2, -0.15) is 0 Å². The molecule has 4 aromatic rings. The lowest BCUT2D eigenvalue weighted by molar-refractivity contribution is -0.114. The average molecular weight is 438 g/mol. The van der Waals surface area contributed by atoms with Gasteiger partial charge >= 0.3 is 0 Å². The molecule has 6 heteroatoms. The molecule has 0 fully saturated rings. The van der Waals surface area contributed by atoms with E-state index in [-0.39, 0.29) is 5.91 Å². The molecule has 0 unspecified atom stereocenters. The van der Waals surface area contributed by atoms with E-state index in [0.29, 0.717) is 5.95 Å². The maximum atomic E-state index is 11.2. The molecule has 1 amide bonds. The monoisotopic (exact) mass is 437 g/mol. The molecule has 4 rings (SSSR count). The average Bonchev–Trinajstić information content (AvgIpc) is 2.80. The number of hydrogen-bond acceptors (Lipinski definition) is 5. The van der Waals surface area contributed by atoms with Crippen molar-refractivity contribution >= 4 is 28.9 Å². The SMILES string of the molecule is CC(=O)Nc1ccc(-c2ccnc(Nc3cccc(NCc4cc(C)ccc4C)c3)n2)cc1. The van der Waals surface area contributed by atoms with Crippen molar-refractivity contribution in [2.45, 2.75) is 27.3 Å². The number of aryl methyl sites for hydroxylation is 2. The molecule has 3 aromatic carbocycles. The fourth-order valence-electron chi connectivity index (χ4n) is 3.53. The Kier molecular flexibility index (Phi) is 6.64. The Labute approximate surface area is 194 Å². The summed E-state index contributed by atoms with van der Waals surface area (Å²) in [5.41, 5.74) is 8.24. The maximum Gasteiger partial charge on any atom is 0.227 e. The Balaban J connectivity index is 1.45. The van der Waals surface area contributed by atoms with Gasteiger partial charge in [0.05, 0.1) is 5.69 Å². The van der Waals surface area contributed by atoms with E-state index < -0.39 is 0 Å². The van der Waals surface area contributed by atoms with Crippen molar-refractivity contribution < 1.29 is 4.79 Å². The molecule has 3 N–H and O–H groups in total. The Morgan fingerprint density at radius 2 is 1.67 bits per heavy atom. The lowest BCUT2D eigenvalue weighted by Gasteiger charge is -2.12. The largest absolute Gasteiger partial charge is 0.381 e.